The molecule has 0 aliphatic heterocycles. The van der Waals surface area contributed by atoms with E-state index in [2.05, 4.69) is 4.98 Å². The number of imidazole rings is 1. The number of benzene rings is 3. The third-order valence-corrected chi connectivity index (χ3v) is 8.17. The maximum absolute atomic E-state index is 13.7. The van der Waals surface area contributed by atoms with Crippen LogP contribution in [0, 0.1) is 14.9 Å². The second-order valence-electron chi connectivity index (χ2n) is 7.37. The third kappa shape index (κ3) is 5.40. The Bertz CT molecular complexity index is 1690. The Balaban J connectivity index is 1.97. The molecule has 0 aliphatic rings. The van der Waals surface area contributed by atoms with Crippen LogP contribution in [0.3, 0.4) is 0 Å². The van der Waals surface area contributed by atoms with Crippen LogP contribution in [-0.2, 0) is 15.6 Å². The first kappa shape index (κ1) is 25.7. The van der Waals surface area contributed by atoms with Crippen molar-refractivity contribution in [1.29, 1.82) is 0 Å². The van der Waals surface area contributed by atoms with Gasteiger partial charge in [0.1, 0.15) is 0 Å². The first-order valence-corrected chi connectivity index (χ1v) is 13.3. The van der Waals surface area contributed by atoms with Crippen molar-refractivity contribution in [2.24, 2.45) is 0 Å². The molecule has 0 atom stereocenters. The molecule has 0 saturated heterocycles. The van der Waals surface area contributed by atoms with Crippen LogP contribution in [0.15, 0.2) is 54.6 Å². The van der Waals surface area contributed by atoms with Crippen LogP contribution in [0.25, 0.3) is 22.1 Å². The van der Waals surface area contributed by atoms with Crippen molar-refractivity contribution >= 4 is 96.3 Å². The highest BCUT2D eigenvalue weighted by atomic mass is 35.5. The van der Waals surface area contributed by atoms with Gasteiger partial charge < -0.3 is 4.98 Å². The highest BCUT2D eigenvalue weighted by Crippen LogP contribution is 2.35. The van der Waals surface area contributed by atoms with Crippen molar-refractivity contribution in [1.82, 2.24) is 9.55 Å². The van der Waals surface area contributed by atoms with Gasteiger partial charge in [-0.1, -0.05) is 58.5 Å². The first-order valence-electron chi connectivity index (χ1n) is 9.69. The van der Waals surface area contributed by atoms with E-state index in [4.69, 9.17) is 58.6 Å². The molecule has 4 aromatic rings. The molecule has 0 saturated carbocycles. The number of aromatic nitrogens is 2. The number of nitro groups is 1. The molecule has 0 aliphatic carbocycles. The van der Waals surface area contributed by atoms with Crippen molar-refractivity contribution in [2.75, 3.05) is 0 Å². The monoisotopic (exact) mass is 587 g/mol. The van der Waals surface area contributed by atoms with Gasteiger partial charge in [-0.3, -0.25) is 14.7 Å². The van der Waals surface area contributed by atoms with Gasteiger partial charge in [-0.2, -0.15) is 0 Å². The number of nitro benzene ring substituents is 1. The maximum atomic E-state index is 13.7. The van der Waals surface area contributed by atoms with E-state index in [9.17, 15) is 18.5 Å². The first-order chi connectivity index (χ1) is 16.5. The van der Waals surface area contributed by atoms with E-state index in [0.29, 0.717) is 26.6 Å². The molecule has 1 N–H and O–H groups in total. The number of nitrogens with one attached hydrogen (secondary N) is 1. The van der Waals surface area contributed by atoms with E-state index < -0.39 is 20.5 Å². The van der Waals surface area contributed by atoms with E-state index in [-0.39, 0.29) is 31.0 Å². The maximum Gasteiger partial charge on any atom is 0.271 e. The zero-order valence-corrected chi connectivity index (χ0v) is 22.0. The summed E-state index contributed by atoms with van der Waals surface area (Å²) in [4.78, 5) is 13.5. The van der Waals surface area contributed by atoms with Gasteiger partial charge in [-0.05, 0) is 48.1 Å². The van der Waals surface area contributed by atoms with Crippen LogP contribution in [0.4, 0.5) is 5.69 Å². The standard InChI is InChI=1S/C22H13Cl4N3O4S2/c23-13-2-1-12(17(25)7-13)11-35(32,33)21(16-5-3-14(24)8-18(16)26)10-28-20-9-15(29(30)31)4-6-19(20)27-22(28)34/h1-10H,11H2,(H,27,34)/b21-10-. The summed E-state index contributed by atoms with van der Waals surface area (Å²) < 4.78 is 28.9. The summed E-state index contributed by atoms with van der Waals surface area (Å²) in [6.07, 6.45) is 1.28. The highest BCUT2D eigenvalue weighted by Gasteiger charge is 2.25. The fourth-order valence-electron chi connectivity index (χ4n) is 3.40. The number of hydrogen-bond acceptors (Lipinski definition) is 5. The summed E-state index contributed by atoms with van der Waals surface area (Å²) in [6, 6.07) is 13.0. The lowest BCUT2D eigenvalue weighted by molar-refractivity contribution is -0.384. The second kappa shape index (κ2) is 9.93. The van der Waals surface area contributed by atoms with Crippen LogP contribution in [0.2, 0.25) is 20.1 Å². The van der Waals surface area contributed by atoms with E-state index in [0.717, 1.165) is 0 Å². The van der Waals surface area contributed by atoms with Gasteiger partial charge in [0.2, 0.25) is 0 Å². The van der Waals surface area contributed by atoms with Gasteiger partial charge in [0.05, 0.1) is 31.6 Å². The molecular weight excluding hydrogens is 576 g/mol. The van der Waals surface area contributed by atoms with Gasteiger partial charge in [0, 0.05) is 39.0 Å². The second-order valence-corrected chi connectivity index (χ2v) is 11.4. The largest absolute Gasteiger partial charge is 0.330 e. The van der Waals surface area contributed by atoms with Crippen LogP contribution < -0.4 is 0 Å². The topological polar surface area (TPSA) is 98.0 Å². The Morgan fingerprint density at radius 1 is 1.00 bits per heavy atom. The lowest BCUT2D eigenvalue weighted by atomic mass is 10.2. The van der Waals surface area contributed by atoms with E-state index in [1.165, 1.54) is 65.4 Å². The van der Waals surface area contributed by atoms with Crippen LogP contribution >= 0.6 is 58.6 Å². The van der Waals surface area contributed by atoms with E-state index >= 15 is 0 Å². The molecule has 7 nitrogen and oxygen atoms in total. The molecule has 0 unspecified atom stereocenters. The molecule has 0 bridgehead atoms. The molecule has 0 radical (unpaired) electrons. The van der Waals surface area contributed by atoms with Crippen molar-refractivity contribution in [2.45, 2.75) is 5.75 Å². The minimum absolute atomic E-state index is 0.0897. The lowest BCUT2D eigenvalue weighted by Gasteiger charge is -2.13. The Labute approximate surface area is 224 Å². The van der Waals surface area contributed by atoms with E-state index in [1.54, 1.807) is 0 Å². The number of halogens is 4. The van der Waals surface area contributed by atoms with Gasteiger partial charge in [0.15, 0.2) is 14.6 Å². The number of hydrogen-bond donors (Lipinski definition) is 1. The van der Waals surface area contributed by atoms with Crippen molar-refractivity contribution in [3.05, 3.63) is 101 Å². The Morgan fingerprint density at radius 3 is 2.29 bits per heavy atom. The Kier molecular flexibility index (Phi) is 7.28. The zero-order valence-electron chi connectivity index (χ0n) is 17.3. The minimum atomic E-state index is -4.10. The highest BCUT2D eigenvalue weighted by molar-refractivity contribution is 8.00. The number of aromatic amines is 1. The molecule has 1 heterocycles. The Morgan fingerprint density at radius 2 is 1.66 bits per heavy atom. The summed E-state index contributed by atoms with van der Waals surface area (Å²) in [7, 11) is -4.10. The van der Waals surface area contributed by atoms with Crippen molar-refractivity contribution in [3.63, 3.8) is 0 Å². The molecule has 1 aromatic heterocycles. The summed E-state index contributed by atoms with van der Waals surface area (Å²) >= 11 is 30.0. The summed E-state index contributed by atoms with van der Waals surface area (Å²) in [5.74, 6) is -0.469. The quantitative estimate of drug-likeness (QED) is 0.141. The van der Waals surface area contributed by atoms with Gasteiger partial charge >= 0.3 is 0 Å². The summed E-state index contributed by atoms with van der Waals surface area (Å²) in [6.45, 7) is 0. The van der Waals surface area contributed by atoms with Crippen molar-refractivity contribution < 1.29 is 13.3 Å². The number of H-pyrrole nitrogens is 1. The average Bonchev–Trinajstić information content (AvgIpc) is 3.08. The minimum Gasteiger partial charge on any atom is -0.330 e. The summed E-state index contributed by atoms with van der Waals surface area (Å²) in [5, 5.41) is 12.2. The van der Waals surface area contributed by atoms with Gasteiger partial charge in [0.25, 0.3) is 5.69 Å². The normalized spacial score (nSPS) is 12.3. The predicted octanol–water partition coefficient (Wildman–Crippen LogP) is 7.79. The molecule has 3 aromatic carbocycles. The Hall–Kier alpha value is -2.40. The average molecular weight is 589 g/mol. The molecule has 13 heteroatoms. The number of fused-ring (bicyclic) bond motifs is 1. The number of nitrogens with zero attached hydrogens (tertiary/aromatic N) is 2. The third-order valence-electron chi connectivity index (χ3n) is 5.05. The zero-order chi connectivity index (χ0) is 25.5. The van der Waals surface area contributed by atoms with Crippen molar-refractivity contribution in [3.8, 4) is 0 Å². The lowest BCUT2D eigenvalue weighted by Crippen LogP contribution is -2.09. The number of sulfone groups is 1. The molecule has 4 rings (SSSR count). The molecule has 35 heavy (non-hydrogen) atoms. The smallest absolute Gasteiger partial charge is 0.271 e. The van der Waals surface area contributed by atoms with Crippen LogP contribution in [0.5, 0.6) is 0 Å². The molecule has 0 amide bonds. The fraction of sp³-hybridized carbons (Fsp3) is 0.0455. The predicted molar refractivity (Wildman–Crippen MR) is 143 cm³/mol. The van der Waals surface area contributed by atoms with Crippen LogP contribution in [0.1, 0.15) is 11.1 Å². The van der Waals surface area contributed by atoms with E-state index in [1.807, 2.05) is 0 Å². The SMILES string of the molecule is O=[N+]([O-])c1ccc2[nH]c(=S)n(/C=C(/c3ccc(Cl)cc3Cl)S(=O)(=O)Cc3ccc(Cl)cc3Cl)c2c1. The van der Waals surface area contributed by atoms with Gasteiger partial charge in [-0.25, -0.2) is 8.42 Å². The molecular formula is C22H13Cl4N3O4S2. The fourth-order valence-corrected chi connectivity index (χ4v) is 6.37. The molecule has 0 spiro atoms. The molecule has 180 valence electrons. The van der Waals surface area contributed by atoms with Gasteiger partial charge in [-0.15, -0.1) is 0 Å². The molecule has 0 fully saturated rings. The number of non-ortho nitro benzene ring substituents is 1. The van der Waals surface area contributed by atoms with Crippen LogP contribution in [-0.4, -0.2) is 22.9 Å². The summed E-state index contributed by atoms with van der Waals surface area (Å²) in [5.41, 5.74) is 1.10. The number of rotatable bonds is 6.